The number of phosphoric acid groups is 1. The summed E-state index contributed by atoms with van der Waals surface area (Å²) in [6, 6.07) is 0. The van der Waals surface area contributed by atoms with Gasteiger partial charge in [-0.2, -0.15) is 0 Å². The van der Waals surface area contributed by atoms with Gasteiger partial charge in [-0.1, -0.05) is 40.0 Å². The number of hydrogen-bond donors (Lipinski definition) is 0. The molecule has 3 fully saturated rings. The monoisotopic (exact) mass is 376 g/mol. The first-order chi connectivity index (χ1) is 12.0. The van der Waals surface area contributed by atoms with E-state index < -0.39 is 20.2 Å². The van der Waals surface area contributed by atoms with Crippen molar-refractivity contribution >= 4 is 7.82 Å². The van der Waals surface area contributed by atoms with Crippen LogP contribution in [0.5, 0.6) is 0 Å². The number of rotatable bonds is 5. The van der Waals surface area contributed by atoms with Crippen molar-refractivity contribution in [2.24, 2.45) is 11.8 Å². The Morgan fingerprint density at radius 2 is 1.68 bits per heavy atom. The molecule has 146 valence electrons. The lowest BCUT2D eigenvalue weighted by Gasteiger charge is -2.45. The molecule has 2 aliphatic heterocycles. The molecule has 0 aromatic carbocycles. The quantitative estimate of drug-likeness (QED) is 0.650. The van der Waals surface area contributed by atoms with E-state index in [0.29, 0.717) is 13.2 Å². The molecule has 0 aromatic rings. The Morgan fingerprint density at radius 3 is 2.32 bits per heavy atom. The average Bonchev–Trinajstić information content (AvgIpc) is 2.62. The van der Waals surface area contributed by atoms with E-state index in [9.17, 15) is 4.57 Å². The molecule has 7 heteroatoms. The van der Waals surface area contributed by atoms with Crippen LogP contribution in [0.15, 0.2) is 0 Å². The fraction of sp³-hybridized carbons (Fsp3) is 1.00. The summed E-state index contributed by atoms with van der Waals surface area (Å²) in [5, 5.41) is 0. The largest absolute Gasteiger partial charge is 0.475 e. The third kappa shape index (κ3) is 4.85. The Labute approximate surface area is 151 Å². The van der Waals surface area contributed by atoms with Gasteiger partial charge >= 0.3 is 7.82 Å². The Bertz CT molecular complexity index is 456. The van der Waals surface area contributed by atoms with Crippen molar-refractivity contribution in [1.29, 1.82) is 0 Å². The van der Waals surface area contributed by atoms with Crippen LogP contribution in [0.4, 0.5) is 0 Å². The second-order valence-electron chi connectivity index (χ2n) is 7.60. The fourth-order valence-electron chi connectivity index (χ4n) is 4.03. The molecule has 0 spiro atoms. The maximum absolute atomic E-state index is 12.8. The summed E-state index contributed by atoms with van der Waals surface area (Å²) in [7, 11) is -3.52. The van der Waals surface area contributed by atoms with Crippen molar-refractivity contribution in [1.82, 2.24) is 0 Å². The van der Waals surface area contributed by atoms with Crippen LogP contribution in [-0.2, 0) is 27.6 Å². The summed E-state index contributed by atoms with van der Waals surface area (Å²) in [4.78, 5) is 0. The minimum atomic E-state index is -3.52. The van der Waals surface area contributed by atoms with Crippen LogP contribution in [0.2, 0.25) is 0 Å². The summed E-state index contributed by atoms with van der Waals surface area (Å²) in [6.45, 7) is 7.21. The molecule has 0 radical (unpaired) electrons. The normalized spacial score (nSPS) is 40.0. The SMILES string of the molecule is CCC1OC(OC2CCCCC2)C(OP2(=O)OCCCO2)C(C)C1C. The fourth-order valence-corrected chi connectivity index (χ4v) is 5.52. The van der Waals surface area contributed by atoms with Crippen molar-refractivity contribution < 1.29 is 27.6 Å². The first-order valence-corrected chi connectivity index (χ1v) is 11.4. The van der Waals surface area contributed by atoms with E-state index in [4.69, 9.17) is 23.0 Å². The zero-order valence-corrected chi connectivity index (χ0v) is 16.6. The van der Waals surface area contributed by atoms with E-state index in [-0.39, 0.29) is 24.0 Å². The minimum absolute atomic E-state index is 0.123. The zero-order chi connectivity index (χ0) is 17.9. The van der Waals surface area contributed by atoms with Crippen LogP contribution in [0.1, 0.15) is 65.7 Å². The lowest BCUT2D eigenvalue weighted by Crippen LogP contribution is -2.52. The number of hydrogen-bond acceptors (Lipinski definition) is 6. The van der Waals surface area contributed by atoms with E-state index in [1.54, 1.807) is 0 Å². The van der Waals surface area contributed by atoms with Gasteiger partial charge in [0.1, 0.15) is 6.10 Å². The summed E-state index contributed by atoms with van der Waals surface area (Å²) >= 11 is 0. The molecule has 2 heterocycles. The van der Waals surface area contributed by atoms with Crippen LogP contribution in [0.3, 0.4) is 0 Å². The van der Waals surface area contributed by atoms with Gasteiger partial charge in [-0.3, -0.25) is 13.6 Å². The molecule has 3 rings (SSSR count). The van der Waals surface area contributed by atoms with E-state index >= 15 is 0 Å². The summed E-state index contributed by atoms with van der Waals surface area (Å²) < 4.78 is 41.9. The first kappa shape index (κ1) is 19.8. The van der Waals surface area contributed by atoms with Gasteiger partial charge in [-0.05, 0) is 37.5 Å². The molecule has 3 aliphatic rings. The standard InChI is InChI=1S/C18H33O6P/c1-4-16-13(2)14(3)17(24-25(19)20-11-8-12-21-25)18(23-16)22-15-9-6-5-7-10-15/h13-18H,4-12H2,1-3H3. The zero-order valence-electron chi connectivity index (χ0n) is 15.7. The third-order valence-electron chi connectivity index (χ3n) is 5.83. The highest BCUT2D eigenvalue weighted by atomic mass is 31.2. The van der Waals surface area contributed by atoms with E-state index in [2.05, 4.69) is 20.8 Å². The summed E-state index contributed by atoms with van der Waals surface area (Å²) in [5.74, 6) is 0.435. The Hall–Kier alpha value is 0.0300. The molecule has 6 nitrogen and oxygen atoms in total. The third-order valence-corrected chi connectivity index (χ3v) is 7.33. The van der Waals surface area contributed by atoms with Crippen LogP contribution < -0.4 is 0 Å². The average molecular weight is 376 g/mol. The number of ether oxygens (including phenoxy) is 2. The highest BCUT2D eigenvalue weighted by molar-refractivity contribution is 7.48. The molecule has 0 aromatic heterocycles. The Morgan fingerprint density at radius 1 is 1.00 bits per heavy atom. The molecule has 1 saturated carbocycles. The van der Waals surface area contributed by atoms with Gasteiger partial charge < -0.3 is 9.47 Å². The van der Waals surface area contributed by atoms with Gasteiger partial charge in [0.2, 0.25) is 0 Å². The molecule has 0 bridgehead atoms. The predicted octanol–water partition coefficient (Wildman–Crippen LogP) is 4.67. The van der Waals surface area contributed by atoms with Crippen molar-refractivity contribution in [3.8, 4) is 0 Å². The molecular weight excluding hydrogens is 343 g/mol. The molecule has 1 aliphatic carbocycles. The number of phosphoric ester groups is 1. The molecule has 25 heavy (non-hydrogen) atoms. The first-order valence-electron chi connectivity index (χ1n) is 9.91. The van der Waals surface area contributed by atoms with Gasteiger partial charge in [0, 0.05) is 0 Å². The van der Waals surface area contributed by atoms with Crippen LogP contribution in [0.25, 0.3) is 0 Å². The van der Waals surface area contributed by atoms with Gasteiger partial charge in [0.05, 0.1) is 25.4 Å². The van der Waals surface area contributed by atoms with Gasteiger partial charge in [-0.25, -0.2) is 4.57 Å². The van der Waals surface area contributed by atoms with Gasteiger partial charge in [0.15, 0.2) is 6.29 Å². The molecule has 5 atom stereocenters. The highest BCUT2D eigenvalue weighted by Gasteiger charge is 2.47. The second kappa shape index (κ2) is 8.81. The van der Waals surface area contributed by atoms with Crippen molar-refractivity contribution in [2.45, 2.75) is 90.3 Å². The second-order valence-corrected chi connectivity index (χ2v) is 9.22. The van der Waals surface area contributed by atoms with Gasteiger partial charge in [0.25, 0.3) is 0 Å². The molecule has 5 unspecified atom stereocenters. The molecular formula is C18H33O6P. The van der Waals surface area contributed by atoms with E-state index in [1.807, 2.05) is 0 Å². The predicted molar refractivity (Wildman–Crippen MR) is 94.2 cm³/mol. The summed E-state index contributed by atoms with van der Waals surface area (Å²) in [5.41, 5.74) is 0. The summed E-state index contributed by atoms with van der Waals surface area (Å²) in [6.07, 6.45) is 6.78. The van der Waals surface area contributed by atoms with Crippen molar-refractivity contribution in [3.63, 3.8) is 0 Å². The van der Waals surface area contributed by atoms with Crippen LogP contribution in [-0.4, -0.2) is 37.8 Å². The lowest BCUT2D eigenvalue weighted by molar-refractivity contribution is -0.283. The van der Waals surface area contributed by atoms with Crippen LogP contribution >= 0.6 is 7.82 Å². The lowest BCUT2D eigenvalue weighted by atomic mass is 9.82. The van der Waals surface area contributed by atoms with E-state index in [0.717, 1.165) is 25.7 Å². The van der Waals surface area contributed by atoms with Gasteiger partial charge in [-0.15, -0.1) is 0 Å². The molecule has 2 saturated heterocycles. The van der Waals surface area contributed by atoms with Crippen molar-refractivity contribution in [2.75, 3.05) is 13.2 Å². The highest BCUT2D eigenvalue weighted by Crippen LogP contribution is 2.55. The van der Waals surface area contributed by atoms with Crippen LogP contribution in [0, 0.1) is 11.8 Å². The smallest absolute Gasteiger partial charge is 0.347 e. The minimum Gasteiger partial charge on any atom is -0.347 e. The molecule has 0 N–H and O–H groups in total. The Kier molecular flexibility index (Phi) is 6.97. The Balaban J connectivity index is 1.72. The maximum atomic E-state index is 12.8. The maximum Gasteiger partial charge on any atom is 0.475 e. The van der Waals surface area contributed by atoms with Crippen molar-refractivity contribution in [3.05, 3.63) is 0 Å². The topological polar surface area (TPSA) is 63.2 Å². The van der Waals surface area contributed by atoms with E-state index in [1.165, 1.54) is 19.3 Å². The molecule has 0 amide bonds.